The molecule has 0 radical (unpaired) electrons. The van der Waals surface area contributed by atoms with Crippen molar-refractivity contribution in [3.05, 3.63) is 66.2 Å². The molecule has 0 aliphatic carbocycles. The van der Waals surface area contributed by atoms with E-state index in [-0.39, 0.29) is 5.84 Å². The lowest BCUT2D eigenvalue weighted by Crippen LogP contribution is -2.10. The molecule has 0 saturated heterocycles. The molecule has 0 atom stereocenters. The first-order valence-corrected chi connectivity index (χ1v) is 6.78. The number of nitrogens with zero attached hydrogens (tertiary/aromatic N) is 2. The van der Waals surface area contributed by atoms with Crippen LogP contribution in [0, 0.1) is 5.41 Å². The van der Waals surface area contributed by atoms with Gasteiger partial charge in [0.1, 0.15) is 11.5 Å². The van der Waals surface area contributed by atoms with Crippen LogP contribution in [0.2, 0.25) is 0 Å². The molecule has 3 rings (SSSR count). The van der Waals surface area contributed by atoms with Crippen LogP contribution < -0.4 is 11.5 Å². The van der Waals surface area contributed by atoms with E-state index in [1.807, 2.05) is 36.4 Å². The van der Waals surface area contributed by atoms with Crippen LogP contribution >= 0.6 is 0 Å². The van der Waals surface area contributed by atoms with Gasteiger partial charge in [-0.2, -0.15) is 5.11 Å². The molecule has 0 unspecified atom stereocenters. The number of hydrogen-bond donors (Lipinski definition) is 3. The minimum atomic E-state index is 0.0294. The molecule has 3 aromatic carbocycles. The number of benzene rings is 3. The summed E-state index contributed by atoms with van der Waals surface area (Å²) in [4.78, 5) is 0. The van der Waals surface area contributed by atoms with Gasteiger partial charge in [-0.05, 0) is 35.7 Å². The van der Waals surface area contributed by atoms with Crippen LogP contribution in [-0.2, 0) is 0 Å². The number of nitrogen functional groups attached to an aromatic ring is 2. The molecule has 0 aromatic heterocycles. The average molecular weight is 289 g/mol. The molecular weight excluding hydrogens is 274 g/mol. The highest BCUT2D eigenvalue weighted by atomic mass is 15.1. The van der Waals surface area contributed by atoms with Crippen molar-refractivity contribution in [1.82, 2.24) is 0 Å². The number of fused-ring (bicyclic) bond motifs is 1. The Morgan fingerprint density at radius 3 is 2.32 bits per heavy atom. The van der Waals surface area contributed by atoms with Crippen LogP contribution in [0.1, 0.15) is 5.56 Å². The van der Waals surface area contributed by atoms with E-state index in [9.17, 15) is 0 Å². The molecule has 0 aliphatic heterocycles. The van der Waals surface area contributed by atoms with Gasteiger partial charge < -0.3 is 11.5 Å². The zero-order chi connectivity index (χ0) is 15.5. The summed E-state index contributed by atoms with van der Waals surface area (Å²) < 4.78 is 0. The van der Waals surface area contributed by atoms with Gasteiger partial charge in [0.05, 0.1) is 11.4 Å². The maximum atomic E-state index is 7.37. The lowest BCUT2D eigenvalue weighted by Gasteiger charge is -2.04. The van der Waals surface area contributed by atoms with Gasteiger partial charge in [0.15, 0.2) is 0 Å². The van der Waals surface area contributed by atoms with E-state index >= 15 is 0 Å². The Morgan fingerprint density at radius 1 is 0.864 bits per heavy atom. The molecule has 0 aliphatic rings. The third kappa shape index (κ3) is 2.64. The summed E-state index contributed by atoms with van der Waals surface area (Å²) in [6, 6.07) is 18.7. The Balaban J connectivity index is 1.98. The summed E-state index contributed by atoms with van der Waals surface area (Å²) in [6.45, 7) is 0. The van der Waals surface area contributed by atoms with Gasteiger partial charge in [-0.1, -0.05) is 30.3 Å². The van der Waals surface area contributed by atoms with E-state index in [4.69, 9.17) is 16.9 Å². The van der Waals surface area contributed by atoms with Crippen molar-refractivity contribution < 1.29 is 0 Å². The smallest absolute Gasteiger partial charge is 0.122 e. The standard InChI is InChI=1S/C17H15N5/c18-15-10-7-11-3-1-2-4-14(11)16(15)22-21-13-8-5-12(6-9-13)17(19)20/h1-10H,18H2,(H3,19,20). The van der Waals surface area contributed by atoms with Gasteiger partial charge in [0.25, 0.3) is 0 Å². The second-order valence-corrected chi connectivity index (χ2v) is 4.89. The third-order valence-corrected chi connectivity index (χ3v) is 3.38. The van der Waals surface area contributed by atoms with Gasteiger partial charge in [-0.25, -0.2) is 0 Å². The van der Waals surface area contributed by atoms with E-state index in [0.29, 0.717) is 22.6 Å². The molecule has 0 spiro atoms. The number of nitrogens with two attached hydrogens (primary N) is 2. The number of amidine groups is 1. The lowest BCUT2D eigenvalue weighted by molar-refractivity contribution is 1.24. The fourth-order valence-electron chi connectivity index (χ4n) is 2.20. The Bertz CT molecular complexity index is 866. The van der Waals surface area contributed by atoms with E-state index in [0.717, 1.165) is 10.8 Å². The number of rotatable bonds is 3. The molecule has 5 N–H and O–H groups in total. The molecule has 0 fully saturated rings. The largest absolute Gasteiger partial charge is 0.397 e. The van der Waals surface area contributed by atoms with Crippen molar-refractivity contribution in [1.29, 1.82) is 5.41 Å². The van der Waals surface area contributed by atoms with Gasteiger partial charge in [-0.15, -0.1) is 5.11 Å². The van der Waals surface area contributed by atoms with Gasteiger partial charge >= 0.3 is 0 Å². The molecule has 0 saturated carbocycles. The van der Waals surface area contributed by atoms with E-state index in [1.54, 1.807) is 24.3 Å². The van der Waals surface area contributed by atoms with Crippen molar-refractivity contribution in [2.75, 3.05) is 5.73 Å². The van der Waals surface area contributed by atoms with Gasteiger partial charge in [0, 0.05) is 10.9 Å². The maximum absolute atomic E-state index is 7.37. The topological polar surface area (TPSA) is 101 Å². The first-order chi connectivity index (χ1) is 10.6. The first kappa shape index (κ1) is 13.8. The summed E-state index contributed by atoms with van der Waals surface area (Å²) >= 11 is 0. The summed E-state index contributed by atoms with van der Waals surface area (Å²) in [5.74, 6) is 0.0294. The molecule has 108 valence electrons. The van der Waals surface area contributed by atoms with E-state index in [2.05, 4.69) is 10.2 Å². The van der Waals surface area contributed by atoms with E-state index < -0.39 is 0 Å². The molecule has 5 heteroatoms. The summed E-state index contributed by atoms with van der Waals surface area (Å²) in [5.41, 5.74) is 14.0. The second kappa shape index (κ2) is 5.65. The molecule has 3 aromatic rings. The monoisotopic (exact) mass is 289 g/mol. The van der Waals surface area contributed by atoms with Crippen LogP contribution in [0.25, 0.3) is 10.8 Å². The van der Waals surface area contributed by atoms with Crippen LogP contribution in [0.15, 0.2) is 70.9 Å². The summed E-state index contributed by atoms with van der Waals surface area (Å²) in [7, 11) is 0. The fourth-order valence-corrected chi connectivity index (χ4v) is 2.20. The lowest BCUT2D eigenvalue weighted by atomic mass is 10.1. The third-order valence-electron chi connectivity index (χ3n) is 3.38. The van der Waals surface area contributed by atoms with Crippen molar-refractivity contribution in [3.63, 3.8) is 0 Å². The Hall–Kier alpha value is -3.21. The van der Waals surface area contributed by atoms with Crippen molar-refractivity contribution in [3.8, 4) is 0 Å². The number of hydrogen-bond acceptors (Lipinski definition) is 4. The van der Waals surface area contributed by atoms with Crippen molar-refractivity contribution in [2.45, 2.75) is 0 Å². The minimum absolute atomic E-state index is 0.0294. The van der Waals surface area contributed by atoms with Crippen LogP contribution in [0.4, 0.5) is 17.1 Å². The molecule has 0 heterocycles. The zero-order valence-electron chi connectivity index (χ0n) is 11.8. The van der Waals surface area contributed by atoms with Gasteiger partial charge in [-0.3, -0.25) is 5.41 Å². The Kier molecular flexibility index (Phi) is 3.53. The normalized spacial score (nSPS) is 11.1. The summed E-state index contributed by atoms with van der Waals surface area (Å²) in [6.07, 6.45) is 0. The van der Waals surface area contributed by atoms with Crippen LogP contribution in [0.5, 0.6) is 0 Å². The second-order valence-electron chi connectivity index (χ2n) is 4.89. The quantitative estimate of drug-likeness (QED) is 0.292. The highest BCUT2D eigenvalue weighted by molar-refractivity contribution is 5.98. The number of azo groups is 1. The van der Waals surface area contributed by atoms with Crippen LogP contribution in [-0.4, -0.2) is 5.84 Å². The first-order valence-electron chi connectivity index (χ1n) is 6.78. The Morgan fingerprint density at radius 2 is 1.59 bits per heavy atom. The number of nitrogens with one attached hydrogen (secondary N) is 1. The molecule has 0 bridgehead atoms. The predicted octanol–water partition coefficient (Wildman–Crippen LogP) is 4.12. The molecule has 0 amide bonds. The maximum Gasteiger partial charge on any atom is 0.122 e. The van der Waals surface area contributed by atoms with Crippen molar-refractivity contribution >= 4 is 33.7 Å². The molecule has 5 nitrogen and oxygen atoms in total. The average Bonchev–Trinajstić information content (AvgIpc) is 2.54. The Labute approximate surface area is 127 Å². The van der Waals surface area contributed by atoms with Crippen molar-refractivity contribution in [2.24, 2.45) is 16.0 Å². The molecule has 22 heavy (non-hydrogen) atoms. The minimum Gasteiger partial charge on any atom is -0.397 e. The SMILES string of the molecule is N=C(N)c1ccc(N=Nc2c(N)ccc3ccccc23)cc1. The predicted molar refractivity (Wildman–Crippen MR) is 90.0 cm³/mol. The highest BCUT2D eigenvalue weighted by Crippen LogP contribution is 2.33. The zero-order valence-corrected chi connectivity index (χ0v) is 11.8. The van der Waals surface area contributed by atoms with Crippen LogP contribution in [0.3, 0.4) is 0 Å². The fraction of sp³-hybridized carbons (Fsp3) is 0. The highest BCUT2D eigenvalue weighted by Gasteiger charge is 2.04. The molecular formula is C17H15N5. The summed E-state index contributed by atoms with van der Waals surface area (Å²) in [5, 5.41) is 17.9. The van der Waals surface area contributed by atoms with E-state index in [1.165, 1.54) is 0 Å². The van der Waals surface area contributed by atoms with Gasteiger partial charge in [0.2, 0.25) is 0 Å². The number of anilines is 1.